The summed E-state index contributed by atoms with van der Waals surface area (Å²) in [5.74, 6) is -1.60. The van der Waals surface area contributed by atoms with Gasteiger partial charge in [-0.3, -0.25) is 29.8 Å². The Labute approximate surface area is 190 Å². The van der Waals surface area contributed by atoms with E-state index in [1.54, 1.807) is 0 Å². The van der Waals surface area contributed by atoms with Crippen LogP contribution in [0.3, 0.4) is 0 Å². The van der Waals surface area contributed by atoms with Crippen molar-refractivity contribution >= 4 is 35.4 Å². The zero-order chi connectivity index (χ0) is 25.0. The number of nitro benzene ring substituents is 2. The fourth-order valence-corrected chi connectivity index (χ4v) is 2.90. The molecular weight excluding hydrogens is 456 g/mol. The van der Waals surface area contributed by atoms with Crippen molar-refractivity contribution in [2.45, 2.75) is 0 Å². The van der Waals surface area contributed by atoms with Gasteiger partial charge in [0.15, 0.2) is 11.5 Å². The fourth-order valence-electron chi connectivity index (χ4n) is 2.90. The third-order valence-corrected chi connectivity index (χ3v) is 4.55. The fraction of sp³-hybridized carbons (Fsp3) is 0.150. The average molecular weight is 472 g/mol. The predicted octanol–water partition coefficient (Wildman–Crippen LogP) is 2.37. The zero-order valence-corrected chi connectivity index (χ0v) is 17.7. The summed E-state index contributed by atoms with van der Waals surface area (Å²) >= 11 is 0. The van der Waals surface area contributed by atoms with Crippen LogP contribution in [0.15, 0.2) is 42.1 Å². The van der Waals surface area contributed by atoms with Gasteiger partial charge in [0, 0.05) is 6.07 Å². The van der Waals surface area contributed by atoms with E-state index in [0.29, 0.717) is 10.5 Å². The molecule has 0 atom stereocenters. The maximum absolute atomic E-state index is 12.4. The molecule has 1 heterocycles. The minimum atomic E-state index is -0.817. The molecule has 14 heteroatoms. The van der Waals surface area contributed by atoms with Crippen LogP contribution >= 0.6 is 0 Å². The van der Waals surface area contributed by atoms with Gasteiger partial charge in [0.05, 0.1) is 30.1 Å². The Morgan fingerprint density at radius 2 is 1.74 bits per heavy atom. The number of esters is 1. The molecule has 0 saturated carbocycles. The van der Waals surface area contributed by atoms with E-state index in [0.717, 1.165) is 25.3 Å². The van der Waals surface area contributed by atoms with Crippen LogP contribution in [0.2, 0.25) is 0 Å². The largest absolute Gasteiger partial charge is 0.493 e. The SMILES string of the molecule is COC(=O)CN1C(=O)NC(=Cc2ccc(Oc3ccc([N+](=O)[O-])cc3[N+](=O)[O-])c(OC)c2)C1=O. The van der Waals surface area contributed by atoms with Gasteiger partial charge >= 0.3 is 17.7 Å². The number of amides is 3. The van der Waals surface area contributed by atoms with Gasteiger partial charge in [-0.25, -0.2) is 9.69 Å². The lowest BCUT2D eigenvalue weighted by Gasteiger charge is -2.11. The Kier molecular flexibility index (Phi) is 6.71. The topological polar surface area (TPSA) is 180 Å². The second kappa shape index (κ2) is 9.64. The van der Waals surface area contributed by atoms with Crippen molar-refractivity contribution in [1.29, 1.82) is 0 Å². The van der Waals surface area contributed by atoms with Crippen LogP contribution in [-0.2, 0) is 14.3 Å². The number of methoxy groups -OCH3 is 2. The number of rotatable bonds is 8. The number of carbonyl (C=O) groups excluding carboxylic acids is 3. The molecule has 1 aliphatic rings. The summed E-state index contributed by atoms with van der Waals surface area (Å²) in [6.07, 6.45) is 1.33. The number of non-ortho nitro benzene ring substituents is 1. The molecule has 34 heavy (non-hydrogen) atoms. The van der Waals surface area contributed by atoms with Crippen LogP contribution in [0, 0.1) is 20.2 Å². The number of imide groups is 1. The van der Waals surface area contributed by atoms with E-state index >= 15 is 0 Å². The second-order valence-corrected chi connectivity index (χ2v) is 6.63. The summed E-state index contributed by atoms with van der Waals surface area (Å²) in [7, 11) is 2.43. The Bertz CT molecular complexity index is 1240. The van der Waals surface area contributed by atoms with Crippen LogP contribution < -0.4 is 14.8 Å². The summed E-state index contributed by atoms with van der Waals surface area (Å²) in [4.78, 5) is 57.1. The molecule has 2 aromatic carbocycles. The molecule has 3 amide bonds. The summed E-state index contributed by atoms with van der Waals surface area (Å²) in [5, 5.41) is 24.6. The number of nitro groups is 2. The van der Waals surface area contributed by atoms with Crippen molar-refractivity contribution in [3.8, 4) is 17.2 Å². The third-order valence-electron chi connectivity index (χ3n) is 4.55. The maximum Gasteiger partial charge on any atom is 0.329 e. The first-order valence-electron chi connectivity index (χ1n) is 9.34. The number of hydrogen-bond acceptors (Lipinski definition) is 10. The number of benzene rings is 2. The van der Waals surface area contributed by atoms with Gasteiger partial charge in [0.1, 0.15) is 12.2 Å². The van der Waals surface area contributed by atoms with E-state index < -0.39 is 45.7 Å². The van der Waals surface area contributed by atoms with E-state index in [9.17, 15) is 34.6 Å². The van der Waals surface area contributed by atoms with Crippen LogP contribution in [0.1, 0.15) is 5.56 Å². The lowest BCUT2D eigenvalue weighted by molar-refractivity contribution is -0.394. The van der Waals surface area contributed by atoms with E-state index in [2.05, 4.69) is 10.1 Å². The highest BCUT2D eigenvalue weighted by Gasteiger charge is 2.35. The van der Waals surface area contributed by atoms with Crippen molar-refractivity contribution in [3.05, 3.63) is 67.9 Å². The van der Waals surface area contributed by atoms with Gasteiger partial charge in [-0.15, -0.1) is 0 Å². The number of nitrogens with zero attached hydrogens (tertiary/aromatic N) is 3. The Morgan fingerprint density at radius 1 is 1.03 bits per heavy atom. The van der Waals surface area contributed by atoms with Crippen molar-refractivity contribution in [1.82, 2.24) is 10.2 Å². The molecule has 2 aromatic rings. The van der Waals surface area contributed by atoms with Gasteiger partial charge in [0.25, 0.3) is 11.6 Å². The highest BCUT2D eigenvalue weighted by atomic mass is 16.6. The molecule has 0 unspecified atom stereocenters. The van der Waals surface area contributed by atoms with Gasteiger partial charge in [-0.05, 0) is 29.8 Å². The van der Waals surface area contributed by atoms with Crippen LogP contribution in [-0.4, -0.2) is 53.4 Å². The summed E-state index contributed by atoms with van der Waals surface area (Å²) in [6, 6.07) is 6.43. The Balaban J connectivity index is 1.88. The predicted molar refractivity (Wildman–Crippen MR) is 113 cm³/mol. The lowest BCUT2D eigenvalue weighted by atomic mass is 10.1. The molecule has 0 bridgehead atoms. The molecular formula is C20H16N4O10. The van der Waals surface area contributed by atoms with Gasteiger partial charge < -0.3 is 19.5 Å². The minimum absolute atomic E-state index is 0.0516. The van der Waals surface area contributed by atoms with Crippen LogP contribution in [0.4, 0.5) is 16.2 Å². The summed E-state index contributed by atoms with van der Waals surface area (Å²) < 4.78 is 15.3. The van der Waals surface area contributed by atoms with E-state index in [1.165, 1.54) is 31.4 Å². The third kappa shape index (κ3) is 4.90. The molecule has 1 fully saturated rings. The molecule has 0 aromatic heterocycles. The molecule has 1 N–H and O–H groups in total. The quantitative estimate of drug-likeness (QED) is 0.197. The van der Waals surface area contributed by atoms with Crippen molar-refractivity contribution in [3.63, 3.8) is 0 Å². The van der Waals surface area contributed by atoms with Crippen LogP contribution in [0.25, 0.3) is 6.08 Å². The molecule has 0 aliphatic carbocycles. The second-order valence-electron chi connectivity index (χ2n) is 6.63. The molecule has 14 nitrogen and oxygen atoms in total. The first-order valence-corrected chi connectivity index (χ1v) is 9.34. The average Bonchev–Trinajstić information content (AvgIpc) is 3.06. The summed E-state index contributed by atoms with van der Waals surface area (Å²) in [6.45, 7) is -0.553. The van der Waals surface area contributed by atoms with Gasteiger partial charge in [-0.2, -0.15) is 0 Å². The molecule has 0 radical (unpaired) electrons. The van der Waals surface area contributed by atoms with E-state index in [1.807, 2.05) is 0 Å². The minimum Gasteiger partial charge on any atom is -0.493 e. The molecule has 1 aliphatic heterocycles. The number of urea groups is 1. The molecule has 3 rings (SSSR count). The van der Waals surface area contributed by atoms with Gasteiger partial charge in [-0.1, -0.05) is 6.07 Å². The number of ether oxygens (including phenoxy) is 3. The lowest BCUT2D eigenvalue weighted by Crippen LogP contribution is -2.36. The van der Waals surface area contributed by atoms with Crippen molar-refractivity contribution < 1.29 is 38.4 Å². The van der Waals surface area contributed by atoms with Crippen molar-refractivity contribution in [2.75, 3.05) is 20.8 Å². The number of carbonyl (C=O) groups is 3. The molecule has 176 valence electrons. The first kappa shape index (κ1) is 23.6. The maximum atomic E-state index is 12.4. The Morgan fingerprint density at radius 3 is 2.35 bits per heavy atom. The summed E-state index contributed by atoms with van der Waals surface area (Å²) in [5.41, 5.74) is -0.800. The van der Waals surface area contributed by atoms with E-state index in [-0.39, 0.29) is 22.9 Å². The zero-order valence-electron chi connectivity index (χ0n) is 17.7. The Hall–Kier alpha value is -5.01. The number of hydrogen-bond donors (Lipinski definition) is 1. The highest BCUT2D eigenvalue weighted by molar-refractivity contribution is 6.15. The normalized spacial score (nSPS) is 14.1. The molecule has 1 saturated heterocycles. The number of nitrogens with one attached hydrogen (secondary N) is 1. The molecule has 0 spiro atoms. The van der Waals surface area contributed by atoms with Crippen molar-refractivity contribution in [2.24, 2.45) is 0 Å². The standard InChI is InChI=1S/C20H16N4O10/c1-32-17-8-11(7-13-19(26)22(20(27)21-13)10-18(25)33-2)3-5-16(17)34-15-6-4-12(23(28)29)9-14(15)24(30)31/h3-9H,10H2,1-2H3,(H,21,27). The van der Waals surface area contributed by atoms with E-state index in [4.69, 9.17) is 9.47 Å². The monoisotopic (exact) mass is 472 g/mol. The van der Waals surface area contributed by atoms with Crippen LogP contribution in [0.5, 0.6) is 17.2 Å². The smallest absolute Gasteiger partial charge is 0.329 e. The highest BCUT2D eigenvalue weighted by Crippen LogP contribution is 2.38. The van der Waals surface area contributed by atoms with Gasteiger partial charge in [0.2, 0.25) is 5.75 Å². The first-order chi connectivity index (χ1) is 16.1.